The van der Waals surface area contributed by atoms with Gasteiger partial charge in [0.1, 0.15) is 13.1 Å². The van der Waals surface area contributed by atoms with Gasteiger partial charge >= 0.3 is 36.1 Å². The molecule has 0 aromatic carbocycles. The summed E-state index contributed by atoms with van der Waals surface area (Å²) in [5.74, 6) is -8.98. The lowest BCUT2D eigenvalue weighted by Crippen LogP contribution is -2.42. The zero-order chi connectivity index (χ0) is 23.0. The largest absolute Gasteiger partial charge is 0.480 e. The van der Waals surface area contributed by atoms with Crippen LogP contribution in [0.1, 0.15) is 12.8 Å². The predicted molar refractivity (Wildman–Crippen MR) is 72.9 cm³/mol. The van der Waals surface area contributed by atoms with Crippen molar-refractivity contribution in [1.82, 2.24) is 15.7 Å². The van der Waals surface area contributed by atoms with E-state index >= 15 is 0 Å². The van der Waals surface area contributed by atoms with Crippen LogP contribution in [-0.2, 0) is 33.6 Å². The second kappa shape index (κ2) is 10.2. The molecule has 1 rings (SSSR count). The van der Waals surface area contributed by atoms with Crippen LogP contribution in [-0.4, -0.2) is 71.2 Å². The Bertz CT molecular complexity index is 674. The van der Waals surface area contributed by atoms with Gasteiger partial charge in [0.25, 0.3) is 11.8 Å². The van der Waals surface area contributed by atoms with Gasteiger partial charge in [-0.05, 0) is 0 Å². The number of nitrogens with zero attached hydrogens (tertiary/aromatic N) is 1. The fourth-order valence-corrected chi connectivity index (χ4v) is 1.30. The van der Waals surface area contributed by atoms with E-state index in [-0.39, 0.29) is 17.9 Å². The summed E-state index contributed by atoms with van der Waals surface area (Å²) in [6.07, 6.45) is -10.4. The Kier molecular flexibility index (Phi) is 9.03. The summed E-state index contributed by atoms with van der Waals surface area (Å²) in [7, 11) is 0. The number of hydrogen-bond donors (Lipinski definition) is 3. The molecule has 0 unspecified atom stereocenters. The van der Waals surface area contributed by atoms with Gasteiger partial charge in [0.05, 0.1) is 0 Å². The molecule has 0 aliphatic carbocycles. The van der Waals surface area contributed by atoms with Crippen LogP contribution in [0.3, 0.4) is 0 Å². The Labute approximate surface area is 155 Å². The van der Waals surface area contributed by atoms with Crippen molar-refractivity contribution in [2.24, 2.45) is 0 Å². The van der Waals surface area contributed by atoms with Crippen LogP contribution in [0.25, 0.3) is 0 Å². The molecule has 1 fully saturated rings. The van der Waals surface area contributed by atoms with Crippen molar-refractivity contribution in [3.8, 4) is 0 Å². The third-order valence-corrected chi connectivity index (χ3v) is 2.51. The first kappa shape index (κ1) is 25.6. The molecule has 0 atom stereocenters. The van der Waals surface area contributed by atoms with Crippen molar-refractivity contribution in [2.45, 2.75) is 25.2 Å². The van der Waals surface area contributed by atoms with Crippen LogP contribution in [0.2, 0.25) is 0 Å². The van der Waals surface area contributed by atoms with E-state index < -0.39 is 61.0 Å². The molecule has 0 bridgehead atoms. The number of aliphatic carboxylic acids is 1. The minimum Gasteiger partial charge on any atom is -0.480 e. The van der Waals surface area contributed by atoms with Gasteiger partial charge in [-0.3, -0.25) is 24.0 Å². The number of carboxylic acids is 1. The van der Waals surface area contributed by atoms with Crippen molar-refractivity contribution < 1.29 is 65.1 Å². The van der Waals surface area contributed by atoms with Crippen LogP contribution >= 0.6 is 0 Å². The summed E-state index contributed by atoms with van der Waals surface area (Å²) >= 11 is 0. The minimum absolute atomic E-state index is 0.138. The highest BCUT2D eigenvalue weighted by atomic mass is 19.4. The van der Waals surface area contributed by atoms with Gasteiger partial charge in [-0.2, -0.15) is 26.3 Å². The molecule has 0 radical (unpaired) electrons. The van der Waals surface area contributed by atoms with E-state index in [0.717, 1.165) is 5.32 Å². The number of rotatable bonds is 5. The summed E-state index contributed by atoms with van der Waals surface area (Å²) in [6.45, 7) is -2.13. The summed E-state index contributed by atoms with van der Waals surface area (Å²) in [5.41, 5.74) is 0. The second-order valence-corrected chi connectivity index (χ2v) is 4.80. The monoisotopic (exact) mass is 439 g/mol. The van der Waals surface area contributed by atoms with Crippen LogP contribution < -0.4 is 10.6 Å². The molecule has 17 heteroatoms. The van der Waals surface area contributed by atoms with E-state index in [1.165, 1.54) is 5.32 Å². The van der Waals surface area contributed by atoms with Crippen molar-refractivity contribution in [3.63, 3.8) is 0 Å². The molecule has 3 N–H and O–H groups in total. The molecule has 0 spiro atoms. The first-order valence-corrected chi connectivity index (χ1v) is 7.04. The first-order chi connectivity index (χ1) is 13.1. The van der Waals surface area contributed by atoms with E-state index in [9.17, 15) is 55.1 Å². The molecule has 0 aromatic rings. The second-order valence-electron chi connectivity index (χ2n) is 4.80. The maximum atomic E-state index is 11.7. The van der Waals surface area contributed by atoms with Gasteiger partial charge < -0.3 is 20.6 Å². The van der Waals surface area contributed by atoms with Crippen molar-refractivity contribution >= 4 is 35.6 Å². The molecule has 1 aliphatic heterocycles. The summed E-state index contributed by atoms with van der Waals surface area (Å²) in [6, 6.07) is 0. The Morgan fingerprint density at radius 2 is 1.24 bits per heavy atom. The fourth-order valence-electron chi connectivity index (χ4n) is 1.30. The Morgan fingerprint density at radius 3 is 1.59 bits per heavy atom. The van der Waals surface area contributed by atoms with Crippen LogP contribution in [0.5, 0.6) is 0 Å². The molecule has 1 aliphatic rings. The SMILES string of the molecule is O=C(CNC(=O)C(F)(F)F)ON1C(=O)CCC1=O.O=C(O)CNC(=O)C(F)(F)F. The van der Waals surface area contributed by atoms with Gasteiger partial charge in [-0.1, -0.05) is 0 Å². The van der Waals surface area contributed by atoms with E-state index in [1.807, 2.05) is 0 Å². The summed E-state index contributed by atoms with van der Waals surface area (Å²) in [4.78, 5) is 67.0. The molecule has 29 heavy (non-hydrogen) atoms. The van der Waals surface area contributed by atoms with E-state index in [0.29, 0.717) is 0 Å². The Morgan fingerprint density at radius 1 is 0.862 bits per heavy atom. The average molecular weight is 439 g/mol. The Balaban J connectivity index is 0.000000614. The lowest BCUT2D eigenvalue weighted by Gasteiger charge is -2.13. The number of carboxylic acid groups (broad SMARTS) is 1. The molecule has 1 heterocycles. The number of imide groups is 1. The standard InChI is InChI=1S/C8H7F3N2O5.C4H4F3NO3/c9-8(10,11)7(17)12-3-6(16)18-13-4(14)1-2-5(13)15;5-4(6,7)3(11)8-1-2(9)10/h1-3H2,(H,12,17);1H2,(H,8,11)(H,9,10). The number of amides is 4. The quantitative estimate of drug-likeness (QED) is 0.364. The lowest BCUT2D eigenvalue weighted by atomic mass is 10.4. The molecule has 4 amide bonds. The van der Waals surface area contributed by atoms with E-state index in [1.54, 1.807) is 0 Å². The molecular formula is C12H11F6N3O8. The normalized spacial score (nSPS) is 13.9. The highest BCUT2D eigenvalue weighted by molar-refractivity contribution is 6.01. The van der Waals surface area contributed by atoms with Crippen molar-refractivity contribution in [2.75, 3.05) is 13.1 Å². The number of nitrogens with one attached hydrogen (secondary N) is 2. The number of carbonyl (C=O) groups is 6. The minimum atomic E-state index is -5.13. The van der Waals surface area contributed by atoms with Gasteiger partial charge in [0.15, 0.2) is 0 Å². The maximum Gasteiger partial charge on any atom is 0.471 e. The highest BCUT2D eigenvalue weighted by Gasteiger charge is 2.39. The lowest BCUT2D eigenvalue weighted by molar-refractivity contribution is -0.197. The zero-order valence-corrected chi connectivity index (χ0v) is 13.8. The topological polar surface area (TPSA) is 159 Å². The third kappa shape index (κ3) is 9.91. The number of hydroxylamine groups is 2. The number of carbonyl (C=O) groups excluding carboxylic acids is 5. The molecule has 1 saturated heterocycles. The van der Waals surface area contributed by atoms with Gasteiger partial charge in [0.2, 0.25) is 0 Å². The third-order valence-electron chi connectivity index (χ3n) is 2.51. The fraction of sp³-hybridized carbons (Fsp3) is 0.500. The summed E-state index contributed by atoms with van der Waals surface area (Å²) in [5, 5.41) is 10.4. The molecule has 0 aromatic heterocycles. The number of alkyl halides is 6. The van der Waals surface area contributed by atoms with Crippen LogP contribution in [0, 0.1) is 0 Å². The maximum absolute atomic E-state index is 11.7. The molecular weight excluding hydrogens is 428 g/mol. The van der Waals surface area contributed by atoms with Crippen LogP contribution in [0.15, 0.2) is 0 Å². The number of halogens is 6. The van der Waals surface area contributed by atoms with E-state index in [4.69, 9.17) is 5.11 Å². The smallest absolute Gasteiger partial charge is 0.471 e. The Hall–Kier alpha value is -3.40. The number of hydrogen-bond acceptors (Lipinski definition) is 7. The predicted octanol–water partition coefficient (Wildman–Crippen LogP) is -0.978. The summed E-state index contributed by atoms with van der Waals surface area (Å²) < 4.78 is 69.1. The van der Waals surface area contributed by atoms with Crippen molar-refractivity contribution in [3.05, 3.63) is 0 Å². The zero-order valence-electron chi connectivity index (χ0n) is 13.8. The van der Waals surface area contributed by atoms with Gasteiger partial charge in [-0.15, -0.1) is 5.06 Å². The average Bonchev–Trinajstić information content (AvgIpc) is 2.88. The van der Waals surface area contributed by atoms with Crippen LogP contribution in [0.4, 0.5) is 26.3 Å². The molecule has 0 saturated carbocycles. The molecule has 11 nitrogen and oxygen atoms in total. The van der Waals surface area contributed by atoms with Gasteiger partial charge in [-0.25, -0.2) is 4.79 Å². The highest BCUT2D eigenvalue weighted by Crippen LogP contribution is 2.15. The first-order valence-electron chi connectivity index (χ1n) is 7.04. The van der Waals surface area contributed by atoms with Gasteiger partial charge in [0, 0.05) is 12.8 Å². The molecule has 164 valence electrons. The van der Waals surface area contributed by atoms with E-state index in [2.05, 4.69) is 4.84 Å². The van der Waals surface area contributed by atoms with Crippen molar-refractivity contribution in [1.29, 1.82) is 0 Å².